The van der Waals surface area contributed by atoms with Gasteiger partial charge in [-0.05, 0) is 43.2 Å². The van der Waals surface area contributed by atoms with E-state index in [0.29, 0.717) is 28.6 Å². The number of anilines is 1. The number of hydrogen-bond acceptors (Lipinski definition) is 4. The Bertz CT molecular complexity index is 837. The van der Waals surface area contributed by atoms with E-state index in [4.69, 9.17) is 16.3 Å². The Morgan fingerprint density at radius 1 is 1.19 bits per heavy atom. The first-order valence-corrected chi connectivity index (χ1v) is 8.97. The van der Waals surface area contributed by atoms with Crippen LogP contribution in [-0.2, 0) is 9.59 Å². The highest BCUT2D eigenvalue weighted by atomic mass is 35.5. The highest BCUT2D eigenvalue weighted by molar-refractivity contribution is 6.30. The van der Waals surface area contributed by atoms with Crippen LogP contribution in [0.2, 0.25) is 5.02 Å². The maximum absolute atomic E-state index is 12.0. The minimum atomic E-state index is -0.518. The number of amides is 2. The number of hydrazone groups is 1. The Morgan fingerprint density at radius 2 is 1.96 bits per heavy atom. The molecule has 2 rings (SSSR count). The lowest BCUT2D eigenvalue weighted by Crippen LogP contribution is -2.24. The van der Waals surface area contributed by atoms with Gasteiger partial charge in [0.1, 0.15) is 12.2 Å². The third-order valence-corrected chi connectivity index (χ3v) is 3.80. The Morgan fingerprint density at radius 3 is 2.70 bits per heavy atom. The zero-order valence-electron chi connectivity index (χ0n) is 15.3. The van der Waals surface area contributed by atoms with Gasteiger partial charge in [-0.25, -0.2) is 5.43 Å². The molecule has 7 heteroatoms. The van der Waals surface area contributed by atoms with E-state index in [2.05, 4.69) is 15.8 Å². The van der Waals surface area contributed by atoms with Crippen molar-refractivity contribution in [2.75, 3.05) is 11.9 Å². The second kappa shape index (κ2) is 10.3. The van der Waals surface area contributed by atoms with Crippen LogP contribution >= 0.6 is 11.6 Å². The summed E-state index contributed by atoms with van der Waals surface area (Å²) in [7, 11) is 0. The molecule has 0 radical (unpaired) electrons. The summed E-state index contributed by atoms with van der Waals surface area (Å²) in [5.41, 5.74) is 4.57. The van der Waals surface area contributed by atoms with Crippen LogP contribution < -0.4 is 15.5 Å². The SMILES string of the molecule is CCCOc1ccc(Cl)cc1C=NNC(=O)CC(=O)Nc1ccccc1C. The van der Waals surface area contributed by atoms with Gasteiger partial charge in [-0.3, -0.25) is 9.59 Å². The van der Waals surface area contributed by atoms with Crippen molar-refractivity contribution in [3.8, 4) is 5.75 Å². The number of carbonyl (C=O) groups is 2. The zero-order valence-corrected chi connectivity index (χ0v) is 16.0. The molecule has 0 saturated carbocycles. The van der Waals surface area contributed by atoms with Crippen molar-refractivity contribution >= 4 is 35.3 Å². The van der Waals surface area contributed by atoms with Crippen LogP contribution in [0.3, 0.4) is 0 Å². The number of benzene rings is 2. The highest BCUT2D eigenvalue weighted by Crippen LogP contribution is 2.21. The Balaban J connectivity index is 1.90. The van der Waals surface area contributed by atoms with Crippen LogP contribution in [0.1, 0.15) is 30.9 Å². The predicted molar refractivity (Wildman–Crippen MR) is 107 cm³/mol. The number of carbonyl (C=O) groups excluding carboxylic acids is 2. The van der Waals surface area contributed by atoms with Crippen LogP contribution in [0.25, 0.3) is 0 Å². The molecule has 2 N–H and O–H groups in total. The molecule has 2 aromatic rings. The van der Waals surface area contributed by atoms with E-state index in [1.165, 1.54) is 6.21 Å². The van der Waals surface area contributed by atoms with Gasteiger partial charge in [-0.2, -0.15) is 5.10 Å². The van der Waals surface area contributed by atoms with Gasteiger partial charge in [-0.15, -0.1) is 0 Å². The van der Waals surface area contributed by atoms with Crippen LogP contribution in [0.15, 0.2) is 47.6 Å². The summed E-state index contributed by atoms with van der Waals surface area (Å²) < 4.78 is 5.61. The molecule has 0 atom stereocenters. The molecule has 2 amide bonds. The van der Waals surface area contributed by atoms with Crippen molar-refractivity contribution in [1.82, 2.24) is 5.43 Å². The third-order valence-electron chi connectivity index (χ3n) is 3.57. The van der Waals surface area contributed by atoms with Crippen molar-refractivity contribution in [3.05, 3.63) is 58.6 Å². The second-order valence-electron chi connectivity index (χ2n) is 5.86. The lowest BCUT2D eigenvalue weighted by atomic mass is 10.2. The number of halogens is 1. The molecule has 27 heavy (non-hydrogen) atoms. The molecule has 0 aliphatic heterocycles. The first-order valence-electron chi connectivity index (χ1n) is 8.59. The lowest BCUT2D eigenvalue weighted by Gasteiger charge is -2.08. The molecule has 0 fully saturated rings. The van der Waals surface area contributed by atoms with Crippen LogP contribution in [0.4, 0.5) is 5.69 Å². The number of nitrogens with zero attached hydrogens (tertiary/aromatic N) is 1. The fourth-order valence-corrected chi connectivity index (χ4v) is 2.41. The first kappa shape index (κ1) is 20.5. The summed E-state index contributed by atoms with van der Waals surface area (Å²) in [5.74, 6) is -0.307. The molecule has 0 spiro atoms. The highest BCUT2D eigenvalue weighted by Gasteiger charge is 2.10. The molecule has 0 aromatic heterocycles. The monoisotopic (exact) mass is 387 g/mol. The lowest BCUT2D eigenvalue weighted by molar-refractivity contribution is -0.126. The molecular weight excluding hydrogens is 366 g/mol. The molecule has 0 aliphatic rings. The van der Waals surface area contributed by atoms with Gasteiger partial charge < -0.3 is 10.1 Å². The summed E-state index contributed by atoms with van der Waals surface area (Å²) in [6.07, 6.45) is 1.97. The van der Waals surface area contributed by atoms with E-state index in [1.54, 1.807) is 24.3 Å². The second-order valence-corrected chi connectivity index (χ2v) is 6.30. The van der Waals surface area contributed by atoms with Gasteiger partial charge in [0.05, 0.1) is 12.8 Å². The fourth-order valence-electron chi connectivity index (χ4n) is 2.23. The van der Waals surface area contributed by atoms with Gasteiger partial charge >= 0.3 is 0 Å². The Labute approximate surface area is 163 Å². The quantitative estimate of drug-likeness (QED) is 0.409. The Hall–Kier alpha value is -2.86. The van der Waals surface area contributed by atoms with E-state index in [9.17, 15) is 9.59 Å². The summed E-state index contributed by atoms with van der Waals surface area (Å²) in [4.78, 5) is 23.9. The summed E-state index contributed by atoms with van der Waals surface area (Å²) >= 11 is 5.99. The molecule has 6 nitrogen and oxygen atoms in total. The van der Waals surface area contributed by atoms with E-state index < -0.39 is 11.8 Å². The average Bonchev–Trinajstić information content (AvgIpc) is 2.63. The summed E-state index contributed by atoms with van der Waals surface area (Å²) in [5, 5.41) is 7.12. The molecule has 0 heterocycles. The molecular formula is C20H22ClN3O3. The first-order chi connectivity index (χ1) is 13.0. The maximum Gasteiger partial charge on any atom is 0.249 e. The van der Waals surface area contributed by atoms with Crippen molar-refractivity contribution in [2.45, 2.75) is 26.7 Å². The normalized spacial score (nSPS) is 10.6. The molecule has 0 saturated heterocycles. The van der Waals surface area contributed by atoms with E-state index >= 15 is 0 Å². The molecule has 2 aromatic carbocycles. The third kappa shape index (κ3) is 6.75. The Kier molecular flexibility index (Phi) is 7.82. The maximum atomic E-state index is 12.0. The number of nitrogens with one attached hydrogen (secondary N) is 2. The number of hydrogen-bond donors (Lipinski definition) is 2. The molecule has 0 bridgehead atoms. The van der Waals surface area contributed by atoms with Gasteiger partial charge in [-0.1, -0.05) is 36.7 Å². The average molecular weight is 388 g/mol. The smallest absolute Gasteiger partial charge is 0.249 e. The molecule has 0 unspecified atom stereocenters. The van der Waals surface area contributed by atoms with Crippen molar-refractivity contribution < 1.29 is 14.3 Å². The molecule has 0 aliphatic carbocycles. The van der Waals surface area contributed by atoms with Gasteiger partial charge in [0.15, 0.2) is 0 Å². The predicted octanol–water partition coefficient (Wildman–Crippen LogP) is 3.92. The van der Waals surface area contributed by atoms with Gasteiger partial charge in [0.2, 0.25) is 11.8 Å². The van der Waals surface area contributed by atoms with Crippen LogP contribution in [0, 0.1) is 6.92 Å². The van der Waals surface area contributed by atoms with Crippen LogP contribution in [-0.4, -0.2) is 24.6 Å². The largest absolute Gasteiger partial charge is 0.493 e. The van der Waals surface area contributed by atoms with E-state index in [0.717, 1.165) is 12.0 Å². The van der Waals surface area contributed by atoms with E-state index in [-0.39, 0.29) is 6.42 Å². The number of ether oxygens (including phenoxy) is 1. The standard InChI is InChI=1S/C20H22ClN3O3/c1-3-10-27-18-9-8-16(21)11-15(18)13-22-24-20(26)12-19(25)23-17-7-5-4-6-14(17)2/h4-9,11,13H,3,10,12H2,1-2H3,(H,23,25)(H,24,26). The van der Waals surface area contributed by atoms with Crippen molar-refractivity contribution in [1.29, 1.82) is 0 Å². The fraction of sp³-hybridized carbons (Fsp3) is 0.250. The zero-order chi connectivity index (χ0) is 19.6. The van der Waals surface area contributed by atoms with Gasteiger partial charge in [0.25, 0.3) is 0 Å². The number of aryl methyl sites for hydroxylation is 1. The summed E-state index contributed by atoms with van der Waals surface area (Å²) in [6, 6.07) is 12.5. The van der Waals surface area contributed by atoms with E-state index in [1.807, 2.05) is 32.0 Å². The van der Waals surface area contributed by atoms with Crippen molar-refractivity contribution in [3.63, 3.8) is 0 Å². The van der Waals surface area contributed by atoms with Crippen molar-refractivity contribution in [2.24, 2.45) is 5.10 Å². The summed E-state index contributed by atoms with van der Waals surface area (Å²) in [6.45, 7) is 4.45. The minimum Gasteiger partial charge on any atom is -0.493 e. The number of para-hydroxylation sites is 1. The van der Waals surface area contributed by atoms with Crippen LogP contribution in [0.5, 0.6) is 5.75 Å². The minimum absolute atomic E-state index is 0.333. The van der Waals surface area contributed by atoms with Gasteiger partial charge in [0, 0.05) is 16.3 Å². The molecule has 142 valence electrons. The number of rotatable bonds is 8. The topological polar surface area (TPSA) is 79.8 Å².